The predicted octanol–water partition coefficient (Wildman–Crippen LogP) is 3.11. The van der Waals surface area contributed by atoms with Crippen molar-refractivity contribution in [2.75, 3.05) is 46.9 Å². The minimum absolute atomic E-state index is 0.00889. The number of guanidine groups is 1. The van der Waals surface area contributed by atoms with Gasteiger partial charge in [-0.25, -0.2) is 4.99 Å². The number of benzene rings is 1. The van der Waals surface area contributed by atoms with E-state index in [9.17, 15) is 4.79 Å². The van der Waals surface area contributed by atoms with Crippen LogP contribution in [0.2, 0.25) is 5.02 Å². The Morgan fingerprint density at radius 1 is 1.28 bits per heavy atom. The SMILES string of the molecule is CN(C)C(=O)CN=C(NCC1CCCO1)N1CCC(Sc2ccc(Cl)cc2)CC1. The summed E-state index contributed by atoms with van der Waals surface area (Å²) in [5.41, 5.74) is 0. The van der Waals surface area contributed by atoms with Gasteiger partial charge in [0.05, 0.1) is 6.10 Å². The van der Waals surface area contributed by atoms with Crippen molar-refractivity contribution in [2.45, 2.75) is 41.9 Å². The van der Waals surface area contributed by atoms with Crippen LogP contribution in [-0.4, -0.2) is 79.9 Å². The van der Waals surface area contributed by atoms with Crippen LogP contribution in [0.5, 0.6) is 0 Å². The molecular formula is C21H31ClN4O2S. The summed E-state index contributed by atoms with van der Waals surface area (Å²) in [5.74, 6) is 0.834. The average molecular weight is 439 g/mol. The van der Waals surface area contributed by atoms with Crippen molar-refractivity contribution in [3.05, 3.63) is 29.3 Å². The molecule has 1 aromatic rings. The number of carbonyl (C=O) groups excluding carboxylic acids is 1. The second-order valence-electron chi connectivity index (χ2n) is 7.70. The highest BCUT2D eigenvalue weighted by molar-refractivity contribution is 8.00. The summed E-state index contributed by atoms with van der Waals surface area (Å²) < 4.78 is 5.72. The fourth-order valence-corrected chi connectivity index (χ4v) is 4.70. The zero-order valence-electron chi connectivity index (χ0n) is 17.3. The molecule has 2 aliphatic rings. The van der Waals surface area contributed by atoms with E-state index in [4.69, 9.17) is 16.3 Å². The van der Waals surface area contributed by atoms with Crippen LogP contribution >= 0.6 is 23.4 Å². The maximum Gasteiger partial charge on any atom is 0.243 e. The Kier molecular flexibility index (Phi) is 8.51. The number of aliphatic imine (C=N–C) groups is 1. The summed E-state index contributed by atoms with van der Waals surface area (Å²) in [4.78, 5) is 21.7. The van der Waals surface area contributed by atoms with Crippen LogP contribution in [0.15, 0.2) is 34.2 Å². The molecule has 2 saturated heterocycles. The molecule has 160 valence electrons. The molecule has 1 unspecified atom stereocenters. The lowest BCUT2D eigenvalue weighted by molar-refractivity contribution is -0.127. The number of amides is 1. The molecule has 0 aromatic heterocycles. The standard InChI is InChI=1S/C21H31ClN4O2S/c1-25(2)20(27)15-24-21(23-14-17-4-3-13-28-17)26-11-9-19(10-12-26)29-18-7-5-16(22)6-8-18/h5-8,17,19H,3-4,9-15H2,1-2H3,(H,23,24). The number of hydrogen-bond donors (Lipinski definition) is 1. The van der Waals surface area contributed by atoms with Gasteiger partial charge >= 0.3 is 0 Å². The fourth-order valence-electron chi connectivity index (χ4n) is 3.45. The van der Waals surface area contributed by atoms with Gasteiger partial charge in [-0.2, -0.15) is 0 Å². The van der Waals surface area contributed by atoms with Crippen LogP contribution in [-0.2, 0) is 9.53 Å². The van der Waals surface area contributed by atoms with E-state index in [-0.39, 0.29) is 18.6 Å². The first-order valence-electron chi connectivity index (χ1n) is 10.3. The molecule has 2 aliphatic heterocycles. The molecule has 29 heavy (non-hydrogen) atoms. The van der Waals surface area contributed by atoms with Gasteiger partial charge in [0.15, 0.2) is 5.96 Å². The van der Waals surface area contributed by atoms with Crippen molar-refractivity contribution in [2.24, 2.45) is 4.99 Å². The monoisotopic (exact) mass is 438 g/mol. The zero-order valence-corrected chi connectivity index (χ0v) is 18.8. The number of ether oxygens (including phenoxy) is 1. The third-order valence-corrected chi connectivity index (χ3v) is 6.83. The molecule has 8 heteroatoms. The second kappa shape index (κ2) is 11.1. The minimum Gasteiger partial charge on any atom is -0.376 e. The Labute approximate surface area is 183 Å². The van der Waals surface area contributed by atoms with E-state index in [1.165, 1.54) is 4.90 Å². The van der Waals surface area contributed by atoms with Gasteiger partial charge < -0.3 is 19.9 Å². The molecule has 0 aliphatic carbocycles. The lowest BCUT2D eigenvalue weighted by Crippen LogP contribution is -2.48. The van der Waals surface area contributed by atoms with Crippen LogP contribution in [0, 0.1) is 0 Å². The molecule has 1 aromatic carbocycles. The summed E-state index contributed by atoms with van der Waals surface area (Å²) in [6.45, 7) is 3.61. The van der Waals surface area contributed by atoms with Gasteiger partial charge in [-0.15, -0.1) is 11.8 Å². The van der Waals surface area contributed by atoms with Gasteiger partial charge in [0.1, 0.15) is 6.54 Å². The number of likely N-dealkylation sites (N-methyl/N-ethyl adjacent to an activating group) is 1. The highest BCUT2D eigenvalue weighted by Gasteiger charge is 2.24. The maximum atomic E-state index is 12.0. The number of piperidine rings is 1. The van der Waals surface area contributed by atoms with Crippen molar-refractivity contribution in [1.29, 1.82) is 0 Å². The Morgan fingerprint density at radius 2 is 2.00 bits per heavy atom. The van der Waals surface area contributed by atoms with Gasteiger partial charge in [0.2, 0.25) is 5.91 Å². The Morgan fingerprint density at radius 3 is 2.62 bits per heavy atom. The van der Waals surface area contributed by atoms with Gasteiger partial charge in [0, 0.05) is 55.5 Å². The molecule has 2 heterocycles. The number of rotatable bonds is 6. The molecule has 1 N–H and O–H groups in total. The molecule has 3 rings (SSSR count). The summed E-state index contributed by atoms with van der Waals surface area (Å²) in [5, 5.41) is 4.81. The Balaban J connectivity index is 1.54. The number of carbonyl (C=O) groups is 1. The largest absolute Gasteiger partial charge is 0.376 e. The van der Waals surface area contributed by atoms with Gasteiger partial charge in [-0.1, -0.05) is 11.6 Å². The topological polar surface area (TPSA) is 57.2 Å². The van der Waals surface area contributed by atoms with Crippen LogP contribution in [0.1, 0.15) is 25.7 Å². The van der Waals surface area contributed by atoms with E-state index in [2.05, 4.69) is 27.3 Å². The molecule has 1 amide bonds. The summed E-state index contributed by atoms with van der Waals surface area (Å²) in [6, 6.07) is 8.06. The Bertz CT molecular complexity index is 684. The number of nitrogens with one attached hydrogen (secondary N) is 1. The molecule has 0 spiro atoms. The third-order valence-electron chi connectivity index (χ3n) is 5.23. The van der Waals surface area contributed by atoms with E-state index in [1.807, 2.05) is 23.9 Å². The minimum atomic E-state index is 0.00889. The van der Waals surface area contributed by atoms with Crippen molar-refractivity contribution >= 4 is 35.2 Å². The quantitative estimate of drug-likeness (QED) is 0.546. The van der Waals surface area contributed by atoms with Crippen LogP contribution < -0.4 is 5.32 Å². The summed E-state index contributed by atoms with van der Waals surface area (Å²) in [7, 11) is 3.52. The lowest BCUT2D eigenvalue weighted by Gasteiger charge is -2.34. The molecular weight excluding hydrogens is 408 g/mol. The molecule has 1 atom stereocenters. The van der Waals surface area contributed by atoms with Crippen molar-refractivity contribution in [1.82, 2.24) is 15.1 Å². The predicted molar refractivity (Wildman–Crippen MR) is 120 cm³/mol. The van der Waals surface area contributed by atoms with Crippen molar-refractivity contribution in [3.8, 4) is 0 Å². The highest BCUT2D eigenvalue weighted by Crippen LogP contribution is 2.31. The first kappa shape index (κ1) is 22.2. The molecule has 0 bridgehead atoms. The highest BCUT2D eigenvalue weighted by atomic mass is 35.5. The molecule has 0 radical (unpaired) electrons. The number of likely N-dealkylation sites (tertiary alicyclic amines) is 1. The van der Waals surface area contributed by atoms with Crippen LogP contribution in [0.4, 0.5) is 0 Å². The van der Waals surface area contributed by atoms with Gasteiger partial charge in [0.25, 0.3) is 0 Å². The van der Waals surface area contributed by atoms with Crippen LogP contribution in [0.25, 0.3) is 0 Å². The van der Waals surface area contributed by atoms with E-state index in [0.29, 0.717) is 5.25 Å². The van der Waals surface area contributed by atoms with Crippen molar-refractivity contribution < 1.29 is 9.53 Å². The van der Waals surface area contributed by atoms with Crippen LogP contribution in [0.3, 0.4) is 0 Å². The molecule has 0 saturated carbocycles. The Hall–Kier alpha value is -1.44. The molecule has 2 fully saturated rings. The fraction of sp³-hybridized carbons (Fsp3) is 0.619. The van der Waals surface area contributed by atoms with E-state index >= 15 is 0 Å². The second-order valence-corrected chi connectivity index (χ2v) is 9.51. The van der Waals surface area contributed by atoms with Gasteiger partial charge in [-0.3, -0.25) is 4.79 Å². The van der Waals surface area contributed by atoms with Gasteiger partial charge in [-0.05, 0) is 49.9 Å². The first-order valence-corrected chi connectivity index (χ1v) is 11.5. The summed E-state index contributed by atoms with van der Waals surface area (Å²) >= 11 is 7.90. The summed E-state index contributed by atoms with van der Waals surface area (Å²) in [6.07, 6.45) is 4.59. The first-order chi connectivity index (χ1) is 14.0. The smallest absolute Gasteiger partial charge is 0.243 e. The number of thioether (sulfide) groups is 1. The maximum absolute atomic E-state index is 12.0. The number of nitrogens with zero attached hydrogens (tertiary/aromatic N) is 3. The number of hydrogen-bond acceptors (Lipinski definition) is 4. The zero-order chi connectivity index (χ0) is 20.6. The average Bonchev–Trinajstić information content (AvgIpc) is 3.24. The third kappa shape index (κ3) is 7.08. The number of halogens is 1. The van der Waals surface area contributed by atoms with E-state index in [0.717, 1.165) is 62.9 Å². The lowest BCUT2D eigenvalue weighted by atomic mass is 10.1. The van der Waals surface area contributed by atoms with E-state index in [1.54, 1.807) is 19.0 Å². The van der Waals surface area contributed by atoms with E-state index < -0.39 is 0 Å². The normalized spacial score (nSPS) is 20.7. The molecule has 6 nitrogen and oxygen atoms in total. The van der Waals surface area contributed by atoms with Crippen molar-refractivity contribution in [3.63, 3.8) is 0 Å².